The van der Waals surface area contributed by atoms with Gasteiger partial charge < -0.3 is 14.2 Å². The van der Waals surface area contributed by atoms with Crippen LogP contribution in [0.4, 0.5) is 0 Å². The molecular weight excluding hydrogens is 949 g/mol. The minimum absolute atomic E-state index is 0.0932. The zero-order chi connectivity index (χ0) is 55.7. The Morgan fingerprint density at radius 2 is 0.506 bits per heavy atom. The van der Waals surface area contributed by atoms with Gasteiger partial charge in [-0.25, -0.2) is 0 Å². The van der Waals surface area contributed by atoms with Crippen LogP contribution in [0, 0.1) is 0 Å². The van der Waals surface area contributed by atoms with E-state index in [9.17, 15) is 14.4 Å². The summed E-state index contributed by atoms with van der Waals surface area (Å²) < 4.78 is 16.9. The summed E-state index contributed by atoms with van der Waals surface area (Å²) >= 11 is 0. The number of ether oxygens (including phenoxy) is 3. The second-order valence-corrected chi connectivity index (χ2v) is 20.5. The molecule has 0 fully saturated rings. The SMILES string of the molecule is CC/C=C\C/C=C\C/C=C\C/C=C\C/C=C\C/C=C\CCCCCCCCCCCCCCC(=O)OCC(COC(=O)CCCCCCC/C=C\C/C=C\CCC)OC(=O)CCCCCCC/C=C\C/C=C\C/C=C\CC. The molecule has 0 bridgehead atoms. The molecule has 0 radical (unpaired) electrons. The van der Waals surface area contributed by atoms with Crippen LogP contribution in [0.25, 0.3) is 0 Å². The number of rotatable bonds is 56. The zero-order valence-electron chi connectivity index (χ0n) is 49.9. The molecule has 0 aliphatic carbocycles. The molecule has 436 valence electrons. The molecule has 0 aromatic rings. The maximum Gasteiger partial charge on any atom is 0.306 e. The number of hydrogen-bond acceptors (Lipinski definition) is 6. The molecule has 6 heteroatoms. The molecule has 0 saturated heterocycles. The van der Waals surface area contributed by atoms with Crippen molar-refractivity contribution >= 4 is 17.9 Å². The number of allylic oxidation sites excluding steroid dienone is 22. The van der Waals surface area contributed by atoms with Crippen molar-refractivity contribution in [2.75, 3.05) is 13.2 Å². The molecule has 0 aliphatic heterocycles. The van der Waals surface area contributed by atoms with Gasteiger partial charge in [-0.2, -0.15) is 0 Å². The molecule has 0 rings (SSSR count). The fourth-order valence-electron chi connectivity index (χ4n) is 8.44. The smallest absolute Gasteiger partial charge is 0.306 e. The first kappa shape index (κ1) is 72.5. The van der Waals surface area contributed by atoms with Gasteiger partial charge in [-0.1, -0.05) is 264 Å². The number of carbonyl (C=O) groups is 3. The van der Waals surface area contributed by atoms with Crippen LogP contribution in [-0.2, 0) is 28.6 Å². The van der Waals surface area contributed by atoms with Crippen LogP contribution in [0.2, 0.25) is 0 Å². The predicted molar refractivity (Wildman–Crippen MR) is 334 cm³/mol. The van der Waals surface area contributed by atoms with E-state index >= 15 is 0 Å². The second kappa shape index (κ2) is 64.1. The Kier molecular flexibility index (Phi) is 60.4. The van der Waals surface area contributed by atoms with Gasteiger partial charge in [0.25, 0.3) is 0 Å². The number of unbranched alkanes of at least 4 members (excludes halogenated alkanes) is 23. The van der Waals surface area contributed by atoms with E-state index in [1.54, 1.807) is 0 Å². The number of hydrogen-bond donors (Lipinski definition) is 0. The van der Waals surface area contributed by atoms with Crippen molar-refractivity contribution < 1.29 is 28.6 Å². The highest BCUT2D eigenvalue weighted by Gasteiger charge is 2.19. The maximum absolute atomic E-state index is 12.9. The topological polar surface area (TPSA) is 78.9 Å². The zero-order valence-corrected chi connectivity index (χ0v) is 49.9. The maximum atomic E-state index is 12.9. The predicted octanol–water partition coefficient (Wildman–Crippen LogP) is 21.8. The number of carbonyl (C=O) groups excluding carboxylic acids is 3. The minimum atomic E-state index is -0.798. The van der Waals surface area contributed by atoms with Gasteiger partial charge in [0.05, 0.1) is 0 Å². The average Bonchev–Trinajstić information content (AvgIpc) is 3.43. The highest BCUT2D eigenvalue weighted by Crippen LogP contribution is 2.15. The highest BCUT2D eigenvalue weighted by molar-refractivity contribution is 5.71. The van der Waals surface area contributed by atoms with E-state index in [-0.39, 0.29) is 31.1 Å². The summed E-state index contributed by atoms with van der Waals surface area (Å²) in [4.78, 5) is 38.2. The normalized spacial score (nSPS) is 13.0. The van der Waals surface area contributed by atoms with Crippen molar-refractivity contribution in [1.82, 2.24) is 0 Å². The molecule has 0 aliphatic rings. The fourth-order valence-corrected chi connectivity index (χ4v) is 8.44. The minimum Gasteiger partial charge on any atom is -0.462 e. The summed E-state index contributed by atoms with van der Waals surface area (Å²) in [7, 11) is 0. The molecule has 0 amide bonds. The van der Waals surface area contributed by atoms with E-state index in [1.807, 2.05) is 0 Å². The van der Waals surface area contributed by atoms with Crippen molar-refractivity contribution in [2.45, 2.75) is 284 Å². The van der Waals surface area contributed by atoms with Gasteiger partial charge in [-0.05, 0) is 128 Å². The summed E-state index contributed by atoms with van der Waals surface area (Å²) in [5.74, 6) is -0.926. The van der Waals surface area contributed by atoms with Gasteiger partial charge in [0, 0.05) is 19.3 Å². The molecular formula is C71H116O6. The van der Waals surface area contributed by atoms with E-state index in [2.05, 4.69) is 154 Å². The van der Waals surface area contributed by atoms with Gasteiger partial charge in [-0.3, -0.25) is 14.4 Å². The molecule has 0 saturated carbocycles. The van der Waals surface area contributed by atoms with Crippen molar-refractivity contribution in [2.24, 2.45) is 0 Å². The van der Waals surface area contributed by atoms with Crippen LogP contribution >= 0.6 is 0 Å². The lowest BCUT2D eigenvalue weighted by molar-refractivity contribution is -0.167. The van der Waals surface area contributed by atoms with Gasteiger partial charge >= 0.3 is 17.9 Å². The summed E-state index contributed by atoms with van der Waals surface area (Å²) in [5.41, 5.74) is 0. The largest absolute Gasteiger partial charge is 0.462 e. The number of esters is 3. The third-order valence-electron chi connectivity index (χ3n) is 13.1. The van der Waals surface area contributed by atoms with Gasteiger partial charge in [-0.15, -0.1) is 0 Å². The van der Waals surface area contributed by atoms with Crippen LogP contribution in [0.5, 0.6) is 0 Å². The molecule has 1 unspecified atom stereocenters. The Balaban J connectivity index is 4.26. The molecule has 6 nitrogen and oxygen atoms in total. The summed E-state index contributed by atoms with van der Waals surface area (Å²) in [6.07, 6.45) is 90.3. The van der Waals surface area contributed by atoms with Gasteiger partial charge in [0.15, 0.2) is 6.10 Å². The van der Waals surface area contributed by atoms with E-state index in [0.29, 0.717) is 19.3 Å². The molecule has 0 aromatic heterocycles. The monoisotopic (exact) mass is 1060 g/mol. The lowest BCUT2D eigenvalue weighted by atomic mass is 10.0. The highest BCUT2D eigenvalue weighted by atomic mass is 16.6. The summed E-state index contributed by atoms with van der Waals surface area (Å²) in [6, 6.07) is 0. The standard InChI is InChI=1S/C71H116O6/c1-4-7-10-13-16-19-22-25-27-28-29-30-31-32-33-34-35-36-37-38-39-40-41-42-44-46-49-52-55-58-61-64-70(73)76-67-68(66-75-69(72)63-60-57-54-51-48-45-24-21-18-15-12-9-6-3)77-71(74)65-62-59-56-53-50-47-43-26-23-20-17-14-11-8-5-2/h7-8,10-12,15-17,19-21,24-27,29-30,32-33,35-36,43,68H,4-6,9,13-14,18,22-23,28,31,34,37-42,44-67H2,1-3H3/b10-7-,11-8-,15-12-,19-16-,20-17-,24-21-,27-25-,30-29-,33-32-,36-35-,43-26-. The summed E-state index contributed by atoms with van der Waals surface area (Å²) in [5, 5.41) is 0. The van der Waals surface area contributed by atoms with Crippen molar-refractivity contribution in [3.63, 3.8) is 0 Å². The molecule has 1 atom stereocenters. The first-order valence-corrected chi connectivity index (χ1v) is 31.7. The Bertz CT molecular complexity index is 1650. The van der Waals surface area contributed by atoms with Crippen molar-refractivity contribution in [3.05, 3.63) is 134 Å². The molecule has 0 N–H and O–H groups in total. The Morgan fingerprint density at radius 1 is 0.273 bits per heavy atom. The summed E-state index contributed by atoms with van der Waals surface area (Å²) in [6.45, 7) is 6.32. The van der Waals surface area contributed by atoms with E-state index < -0.39 is 6.10 Å². The molecule has 0 spiro atoms. The Hall–Kier alpha value is -4.45. The van der Waals surface area contributed by atoms with Crippen LogP contribution in [-0.4, -0.2) is 37.2 Å². The quantitative estimate of drug-likeness (QED) is 0.0261. The second-order valence-electron chi connectivity index (χ2n) is 20.5. The first-order valence-electron chi connectivity index (χ1n) is 31.7. The van der Waals surface area contributed by atoms with Crippen LogP contribution < -0.4 is 0 Å². The fraction of sp³-hybridized carbons (Fsp3) is 0.648. The van der Waals surface area contributed by atoms with Crippen molar-refractivity contribution in [3.8, 4) is 0 Å². The molecule has 77 heavy (non-hydrogen) atoms. The van der Waals surface area contributed by atoms with Crippen molar-refractivity contribution in [1.29, 1.82) is 0 Å². The van der Waals surface area contributed by atoms with E-state index in [0.717, 1.165) is 167 Å². The van der Waals surface area contributed by atoms with Crippen LogP contribution in [0.3, 0.4) is 0 Å². The van der Waals surface area contributed by atoms with Crippen LogP contribution in [0.15, 0.2) is 134 Å². The Labute approximate surface area is 475 Å². The lowest BCUT2D eigenvalue weighted by Gasteiger charge is -2.18. The third kappa shape index (κ3) is 62.3. The van der Waals surface area contributed by atoms with Crippen LogP contribution in [0.1, 0.15) is 278 Å². The van der Waals surface area contributed by atoms with Gasteiger partial charge in [0.1, 0.15) is 13.2 Å². The first-order chi connectivity index (χ1) is 38.0. The Morgan fingerprint density at radius 3 is 0.792 bits per heavy atom. The van der Waals surface area contributed by atoms with E-state index in [4.69, 9.17) is 14.2 Å². The third-order valence-corrected chi connectivity index (χ3v) is 13.1. The molecule has 0 heterocycles. The average molecular weight is 1070 g/mol. The molecule has 0 aromatic carbocycles. The van der Waals surface area contributed by atoms with Gasteiger partial charge in [0.2, 0.25) is 0 Å². The van der Waals surface area contributed by atoms with E-state index in [1.165, 1.54) is 70.6 Å². The lowest BCUT2D eigenvalue weighted by Crippen LogP contribution is -2.30.